The van der Waals surface area contributed by atoms with E-state index in [4.69, 9.17) is 0 Å². The van der Waals surface area contributed by atoms with Crippen LogP contribution in [0.1, 0.15) is 40.0 Å². The van der Waals surface area contributed by atoms with Crippen LogP contribution in [0.4, 0.5) is 4.79 Å². The number of piperidine rings is 1. The van der Waals surface area contributed by atoms with Crippen LogP contribution in [0.25, 0.3) is 0 Å². The minimum Gasteiger partial charge on any atom is -0.336 e. The van der Waals surface area contributed by atoms with Gasteiger partial charge in [0.05, 0.1) is 5.75 Å². The summed E-state index contributed by atoms with van der Waals surface area (Å²) >= 11 is 0. The van der Waals surface area contributed by atoms with Gasteiger partial charge in [-0.05, 0) is 39.8 Å². The molecule has 6 nitrogen and oxygen atoms in total. The highest BCUT2D eigenvalue weighted by Crippen LogP contribution is 2.16. The maximum Gasteiger partial charge on any atom is 0.317 e. The summed E-state index contributed by atoms with van der Waals surface area (Å²) in [7, 11) is -3.09. The summed E-state index contributed by atoms with van der Waals surface area (Å²) in [5.74, 6) is -0.00122. The number of hydrogen-bond donors (Lipinski definition) is 1. The highest BCUT2D eigenvalue weighted by molar-refractivity contribution is 7.90. The maximum absolute atomic E-state index is 12.3. The maximum atomic E-state index is 12.3. The third-order valence-corrected chi connectivity index (χ3v) is 5.41. The van der Waals surface area contributed by atoms with E-state index in [2.05, 4.69) is 17.1 Å². The van der Waals surface area contributed by atoms with Crippen molar-refractivity contribution in [2.45, 2.75) is 52.1 Å². The van der Waals surface area contributed by atoms with E-state index in [1.165, 1.54) is 19.1 Å². The summed E-state index contributed by atoms with van der Waals surface area (Å²) in [5, 5.41) is 2.98. The molecule has 0 aromatic carbocycles. The molecule has 2 amide bonds. The molecule has 1 aliphatic heterocycles. The lowest BCUT2D eigenvalue weighted by Gasteiger charge is -2.36. The average molecular weight is 333 g/mol. The molecule has 0 aliphatic carbocycles. The third-order valence-electron chi connectivity index (χ3n) is 4.32. The van der Waals surface area contributed by atoms with Gasteiger partial charge in [0, 0.05) is 31.4 Å². The van der Waals surface area contributed by atoms with Crippen LogP contribution >= 0.6 is 0 Å². The van der Waals surface area contributed by atoms with Crippen molar-refractivity contribution in [3.63, 3.8) is 0 Å². The summed E-state index contributed by atoms with van der Waals surface area (Å²) in [6, 6.07) is -0.0828. The van der Waals surface area contributed by atoms with Crippen molar-refractivity contribution in [3.05, 3.63) is 0 Å². The monoisotopic (exact) mass is 333 g/mol. The molecule has 130 valence electrons. The van der Waals surface area contributed by atoms with E-state index in [9.17, 15) is 13.2 Å². The van der Waals surface area contributed by atoms with Crippen molar-refractivity contribution in [1.82, 2.24) is 15.1 Å². The molecule has 0 radical (unpaired) electrons. The molecule has 2 unspecified atom stereocenters. The number of amides is 2. The predicted octanol–water partition coefficient (Wildman–Crippen LogP) is 1.33. The van der Waals surface area contributed by atoms with Crippen molar-refractivity contribution in [1.29, 1.82) is 0 Å². The number of likely N-dealkylation sites (tertiary alicyclic amines) is 1. The average Bonchev–Trinajstić information content (AvgIpc) is 2.44. The van der Waals surface area contributed by atoms with Gasteiger partial charge in [-0.25, -0.2) is 13.2 Å². The van der Waals surface area contributed by atoms with Crippen molar-refractivity contribution in [2.75, 3.05) is 38.2 Å². The fraction of sp³-hybridized carbons (Fsp3) is 0.933. The van der Waals surface area contributed by atoms with Crippen molar-refractivity contribution >= 4 is 15.9 Å². The molecule has 1 rings (SSSR count). The summed E-state index contributed by atoms with van der Waals surface area (Å²) in [6.07, 6.45) is 4.75. The molecule has 1 saturated heterocycles. The van der Waals surface area contributed by atoms with Crippen LogP contribution in [0.15, 0.2) is 0 Å². The topological polar surface area (TPSA) is 69.7 Å². The van der Waals surface area contributed by atoms with E-state index in [-0.39, 0.29) is 17.8 Å². The van der Waals surface area contributed by atoms with Gasteiger partial charge in [0.15, 0.2) is 0 Å². The minimum absolute atomic E-state index is 0.00122. The van der Waals surface area contributed by atoms with Gasteiger partial charge in [-0.1, -0.05) is 13.3 Å². The number of carbonyl (C=O) groups excluding carboxylic acids is 1. The molecule has 0 spiro atoms. The first-order valence-electron chi connectivity index (χ1n) is 8.24. The molecule has 1 N–H and O–H groups in total. The first kappa shape index (κ1) is 19.2. The number of nitrogens with one attached hydrogen (secondary N) is 1. The van der Waals surface area contributed by atoms with Crippen LogP contribution in [0, 0.1) is 0 Å². The van der Waals surface area contributed by atoms with Crippen LogP contribution in [-0.4, -0.2) is 74.5 Å². The molecule has 1 aliphatic rings. The van der Waals surface area contributed by atoms with E-state index in [0.29, 0.717) is 19.1 Å². The van der Waals surface area contributed by atoms with E-state index < -0.39 is 9.84 Å². The molecule has 2 atom stereocenters. The largest absolute Gasteiger partial charge is 0.336 e. The summed E-state index contributed by atoms with van der Waals surface area (Å²) in [5.41, 5.74) is 0. The first-order chi connectivity index (χ1) is 10.3. The molecule has 7 heteroatoms. The van der Waals surface area contributed by atoms with Crippen LogP contribution in [-0.2, 0) is 9.84 Å². The predicted molar refractivity (Wildman–Crippen MR) is 89.8 cm³/mol. The van der Waals surface area contributed by atoms with Gasteiger partial charge in [0.1, 0.15) is 9.84 Å². The lowest BCUT2D eigenvalue weighted by molar-refractivity contribution is 0.146. The normalized spacial score (nSPS) is 21.4. The number of likely N-dealkylation sites (N-methyl/N-ethyl adjacent to an activating group) is 1. The Balaban J connectivity index is 2.54. The zero-order valence-corrected chi connectivity index (χ0v) is 15.2. The van der Waals surface area contributed by atoms with Crippen LogP contribution < -0.4 is 5.32 Å². The Morgan fingerprint density at radius 2 is 2.05 bits per heavy atom. The molecule has 1 heterocycles. The van der Waals surface area contributed by atoms with Crippen LogP contribution in [0.5, 0.6) is 0 Å². The van der Waals surface area contributed by atoms with E-state index in [0.717, 1.165) is 19.5 Å². The van der Waals surface area contributed by atoms with Gasteiger partial charge < -0.3 is 10.2 Å². The molecule has 22 heavy (non-hydrogen) atoms. The van der Waals surface area contributed by atoms with Gasteiger partial charge in [0.25, 0.3) is 0 Å². The van der Waals surface area contributed by atoms with E-state index in [1.54, 1.807) is 11.8 Å². The smallest absolute Gasteiger partial charge is 0.317 e. The number of carbonyl (C=O) groups is 1. The number of hydrogen-bond acceptors (Lipinski definition) is 4. The Kier molecular flexibility index (Phi) is 7.62. The second-order valence-corrected chi connectivity index (χ2v) is 8.38. The zero-order valence-electron chi connectivity index (χ0n) is 14.3. The Hall–Kier alpha value is -0.820. The van der Waals surface area contributed by atoms with Gasteiger partial charge >= 0.3 is 6.03 Å². The number of rotatable bonds is 7. The van der Waals surface area contributed by atoms with Crippen LogP contribution in [0.3, 0.4) is 0 Å². The highest BCUT2D eigenvalue weighted by atomic mass is 32.2. The minimum atomic E-state index is -3.09. The summed E-state index contributed by atoms with van der Waals surface area (Å²) < 4.78 is 22.8. The lowest BCUT2D eigenvalue weighted by atomic mass is 10.0. The third kappa shape index (κ3) is 6.12. The van der Waals surface area contributed by atoms with E-state index >= 15 is 0 Å². The SMILES string of the molecule is CCN1CCCCC1CNC(=O)N(CC)C(C)CS(C)(=O)=O. The molecule has 0 saturated carbocycles. The Labute approximate surface area is 135 Å². The molecule has 0 aromatic rings. The molecular weight excluding hydrogens is 302 g/mol. The number of nitrogens with zero attached hydrogens (tertiary/aromatic N) is 2. The number of sulfone groups is 1. The molecular formula is C15H31N3O3S. The van der Waals surface area contributed by atoms with Crippen LogP contribution in [0.2, 0.25) is 0 Å². The standard InChI is InChI=1S/C15H31N3O3S/c1-5-17-10-8-7-9-14(17)11-16-15(19)18(6-2)13(3)12-22(4,20)21/h13-14H,5-12H2,1-4H3,(H,16,19). The first-order valence-corrected chi connectivity index (χ1v) is 10.3. The Morgan fingerprint density at radius 3 is 2.59 bits per heavy atom. The van der Waals surface area contributed by atoms with Crippen molar-refractivity contribution < 1.29 is 13.2 Å². The number of urea groups is 1. The zero-order chi connectivity index (χ0) is 16.8. The summed E-state index contributed by atoms with van der Waals surface area (Å²) in [4.78, 5) is 16.3. The van der Waals surface area contributed by atoms with Gasteiger partial charge in [-0.15, -0.1) is 0 Å². The van der Waals surface area contributed by atoms with Gasteiger partial charge in [-0.2, -0.15) is 0 Å². The lowest BCUT2D eigenvalue weighted by Crippen LogP contribution is -2.52. The van der Waals surface area contributed by atoms with Gasteiger partial charge in [-0.3, -0.25) is 4.90 Å². The summed E-state index contributed by atoms with van der Waals surface area (Å²) in [6.45, 7) is 9.04. The molecule has 1 fully saturated rings. The molecule has 0 bridgehead atoms. The quantitative estimate of drug-likeness (QED) is 0.763. The second-order valence-electron chi connectivity index (χ2n) is 6.19. The van der Waals surface area contributed by atoms with Gasteiger partial charge in [0.2, 0.25) is 0 Å². The van der Waals surface area contributed by atoms with Crippen molar-refractivity contribution in [3.8, 4) is 0 Å². The second kappa shape index (κ2) is 8.72. The Morgan fingerprint density at radius 1 is 1.36 bits per heavy atom. The van der Waals surface area contributed by atoms with Crippen molar-refractivity contribution in [2.24, 2.45) is 0 Å². The molecule has 0 aromatic heterocycles. The fourth-order valence-electron chi connectivity index (χ4n) is 3.20. The fourth-order valence-corrected chi connectivity index (χ4v) is 4.25. The highest BCUT2D eigenvalue weighted by Gasteiger charge is 2.25. The Bertz CT molecular complexity index is 453. The van der Waals surface area contributed by atoms with E-state index in [1.807, 2.05) is 6.92 Å².